The van der Waals surface area contributed by atoms with Gasteiger partial charge in [-0.3, -0.25) is 19.2 Å². The summed E-state index contributed by atoms with van der Waals surface area (Å²) in [5.74, 6) is -5.52. The second kappa shape index (κ2) is 12.0. The third-order valence-corrected chi connectivity index (χ3v) is 3.81. The van der Waals surface area contributed by atoms with Gasteiger partial charge in [0.05, 0.1) is 18.6 Å². The van der Waals surface area contributed by atoms with Crippen molar-refractivity contribution in [2.45, 2.75) is 70.8 Å². The number of carboxylic acids is 2. The molecule has 12 heteroatoms. The molecule has 0 spiro atoms. The second-order valence-corrected chi connectivity index (χ2v) is 7.20. The van der Waals surface area contributed by atoms with Crippen molar-refractivity contribution in [3.63, 3.8) is 0 Å². The maximum Gasteiger partial charge on any atom is 0.326 e. The summed E-state index contributed by atoms with van der Waals surface area (Å²) in [6, 6.07) is -5.37. The van der Waals surface area contributed by atoms with E-state index in [-0.39, 0.29) is 12.3 Å². The quantitative estimate of drug-likeness (QED) is 0.183. The van der Waals surface area contributed by atoms with Crippen LogP contribution in [-0.4, -0.2) is 75.3 Å². The van der Waals surface area contributed by atoms with E-state index < -0.39 is 66.4 Å². The van der Waals surface area contributed by atoms with Crippen molar-refractivity contribution in [3.8, 4) is 0 Å². The van der Waals surface area contributed by atoms with Crippen molar-refractivity contribution in [2.75, 3.05) is 0 Å². The Morgan fingerprint density at radius 2 is 1.34 bits per heavy atom. The van der Waals surface area contributed by atoms with E-state index in [1.165, 1.54) is 13.8 Å². The maximum atomic E-state index is 12.4. The van der Waals surface area contributed by atoms with E-state index in [1.807, 2.05) is 0 Å². The fourth-order valence-electron chi connectivity index (χ4n) is 2.30. The highest BCUT2D eigenvalue weighted by molar-refractivity contribution is 5.95. The van der Waals surface area contributed by atoms with Gasteiger partial charge in [-0.25, -0.2) is 4.79 Å². The number of carbonyl (C=O) groups excluding carboxylic acids is 3. The number of carbonyl (C=O) groups is 5. The minimum atomic E-state index is -1.57. The van der Waals surface area contributed by atoms with Gasteiger partial charge in [0.25, 0.3) is 0 Å². The fourth-order valence-corrected chi connectivity index (χ4v) is 2.30. The van der Waals surface area contributed by atoms with Crippen LogP contribution in [0.5, 0.6) is 0 Å². The molecule has 0 radical (unpaired) electrons. The summed E-state index contributed by atoms with van der Waals surface area (Å²) in [4.78, 5) is 58.8. The summed E-state index contributed by atoms with van der Waals surface area (Å²) in [5.41, 5.74) is 5.38. The van der Waals surface area contributed by atoms with Crippen LogP contribution in [-0.2, 0) is 24.0 Å². The van der Waals surface area contributed by atoms with Crippen molar-refractivity contribution in [1.29, 1.82) is 0 Å². The third-order valence-electron chi connectivity index (χ3n) is 3.81. The van der Waals surface area contributed by atoms with Crippen molar-refractivity contribution < 1.29 is 39.3 Å². The summed E-state index contributed by atoms with van der Waals surface area (Å²) >= 11 is 0. The Bertz CT molecular complexity index is 621. The van der Waals surface area contributed by atoms with E-state index >= 15 is 0 Å². The molecule has 5 unspecified atom stereocenters. The standard InChI is InChI=1S/C17H30N4O8/c1-7(2)5-11(17(28)29)20-16(27)13(9(4)22)21-15(26)10(6-12(23)24)19-14(25)8(3)18/h7-11,13,22H,5-6,18H2,1-4H3,(H,19,25)(H,20,27)(H,21,26)(H,23,24)(H,28,29). The highest BCUT2D eigenvalue weighted by Gasteiger charge is 2.33. The lowest BCUT2D eigenvalue weighted by molar-refractivity contribution is -0.144. The normalized spacial score (nSPS) is 16.1. The molecule has 0 aliphatic heterocycles. The summed E-state index contributed by atoms with van der Waals surface area (Å²) in [6.45, 7) is 6.04. The maximum absolute atomic E-state index is 12.4. The molecular formula is C17H30N4O8. The first-order chi connectivity index (χ1) is 13.3. The van der Waals surface area contributed by atoms with E-state index in [4.69, 9.17) is 10.8 Å². The predicted molar refractivity (Wildman–Crippen MR) is 100 cm³/mol. The predicted octanol–water partition coefficient (Wildman–Crippen LogP) is -2.23. The number of hydrogen-bond acceptors (Lipinski definition) is 7. The molecule has 166 valence electrons. The second-order valence-electron chi connectivity index (χ2n) is 7.20. The molecule has 0 saturated carbocycles. The van der Waals surface area contributed by atoms with E-state index in [0.717, 1.165) is 0 Å². The zero-order valence-corrected chi connectivity index (χ0v) is 16.8. The Labute approximate surface area is 168 Å². The molecule has 0 saturated heterocycles. The van der Waals surface area contributed by atoms with Gasteiger partial charge in [-0.05, 0) is 26.2 Å². The van der Waals surface area contributed by atoms with Crippen LogP contribution in [0.2, 0.25) is 0 Å². The number of carboxylic acid groups (broad SMARTS) is 2. The fraction of sp³-hybridized carbons (Fsp3) is 0.706. The van der Waals surface area contributed by atoms with Gasteiger partial charge >= 0.3 is 11.9 Å². The van der Waals surface area contributed by atoms with Gasteiger partial charge in [-0.1, -0.05) is 13.8 Å². The first-order valence-electron chi connectivity index (χ1n) is 9.05. The molecule has 0 aromatic heterocycles. The number of nitrogens with two attached hydrogens (primary N) is 1. The van der Waals surface area contributed by atoms with Crippen molar-refractivity contribution in [1.82, 2.24) is 16.0 Å². The smallest absolute Gasteiger partial charge is 0.326 e. The van der Waals surface area contributed by atoms with Gasteiger partial charge in [0.2, 0.25) is 17.7 Å². The molecular weight excluding hydrogens is 388 g/mol. The number of nitrogens with one attached hydrogen (secondary N) is 3. The minimum absolute atomic E-state index is 0.0515. The van der Waals surface area contributed by atoms with Crippen LogP contribution in [0.1, 0.15) is 40.5 Å². The molecule has 3 amide bonds. The number of amides is 3. The molecule has 8 N–H and O–H groups in total. The Morgan fingerprint density at radius 1 is 0.828 bits per heavy atom. The average Bonchev–Trinajstić information content (AvgIpc) is 2.56. The number of hydrogen-bond donors (Lipinski definition) is 7. The molecule has 0 heterocycles. The van der Waals surface area contributed by atoms with Crippen LogP contribution in [0, 0.1) is 5.92 Å². The molecule has 0 bridgehead atoms. The van der Waals surface area contributed by atoms with Gasteiger partial charge in [0.15, 0.2) is 0 Å². The first-order valence-corrected chi connectivity index (χ1v) is 9.05. The zero-order valence-electron chi connectivity index (χ0n) is 16.8. The van der Waals surface area contributed by atoms with E-state index in [2.05, 4.69) is 16.0 Å². The third kappa shape index (κ3) is 9.85. The Hall–Kier alpha value is -2.73. The highest BCUT2D eigenvalue weighted by atomic mass is 16.4. The molecule has 0 aliphatic rings. The summed E-state index contributed by atoms with van der Waals surface area (Å²) in [7, 11) is 0. The average molecular weight is 418 g/mol. The van der Waals surface area contributed by atoms with Gasteiger partial charge in [-0.15, -0.1) is 0 Å². The lowest BCUT2D eigenvalue weighted by Crippen LogP contribution is -2.60. The van der Waals surface area contributed by atoms with E-state index in [1.54, 1.807) is 13.8 Å². The monoisotopic (exact) mass is 418 g/mol. The van der Waals surface area contributed by atoms with Crippen molar-refractivity contribution in [2.24, 2.45) is 11.7 Å². The molecule has 12 nitrogen and oxygen atoms in total. The number of aliphatic hydroxyl groups is 1. The van der Waals surface area contributed by atoms with Crippen molar-refractivity contribution >= 4 is 29.7 Å². The van der Waals surface area contributed by atoms with Crippen molar-refractivity contribution in [3.05, 3.63) is 0 Å². The number of aliphatic carboxylic acids is 2. The summed E-state index contributed by atoms with van der Waals surface area (Å²) in [5, 5.41) is 34.6. The Morgan fingerprint density at radius 3 is 1.72 bits per heavy atom. The molecule has 0 aliphatic carbocycles. The van der Waals surface area contributed by atoms with E-state index in [0.29, 0.717) is 0 Å². The lowest BCUT2D eigenvalue weighted by atomic mass is 10.0. The molecule has 0 rings (SSSR count). The van der Waals surface area contributed by atoms with Crippen LogP contribution in [0.15, 0.2) is 0 Å². The topological polar surface area (TPSA) is 208 Å². The zero-order chi connectivity index (χ0) is 22.9. The van der Waals surface area contributed by atoms with Gasteiger partial charge in [0.1, 0.15) is 18.1 Å². The van der Waals surface area contributed by atoms with Crippen LogP contribution in [0.4, 0.5) is 0 Å². The van der Waals surface area contributed by atoms with Crippen LogP contribution in [0.3, 0.4) is 0 Å². The molecule has 0 fully saturated rings. The Kier molecular flexibility index (Phi) is 10.8. The highest BCUT2D eigenvalue weighted by Crippen LogP contribution is 2.06. The Balaban J connectivity index is 5.37. The number of rotatable bonds is 12. The molecule has 5 atom stereocenters. The van der Waals surface area contributed by atoms with E-state index in [9.17, 15) is 34.2 Å². The number of aliphatic hydroxyl groups excluding tert-OH is 1. The first kappa shape index (κ1) is 26.3. The molecule has 0 aromatic carbocycles. The molecule has 0 aromatic rings. The summed E-state index contributed by atoms with van der Waals surface area (Å²) < 4.78 is 0. The largest absolute Gasteiger partial charge is 0.481 e. The SMILES string of the molecule is CC(C)CC(NC(=O)C(NC(=O)C(CC(=O)O)NC(=O)C(C)N)C(C)O)C(=O)O. The van der Waals surface area contributed by atoms with Crippen LogP contribution in [0.25, 0.3) is 0 Å². The van der Waals surface area contributed by atoms with Crippen LogP contribution < -0.4 is 21.7 Å². The minimum Gasteiger partial charge on any atom is -0.481 e. The van der Waals surface area contributed by atoms with Gasteiger partial charge < -0.3 is 37.0 Å². The van der Waals surface area contributed by atoms with Crippen LogP contribution >= 0.6 is 0 Å². The van der Waals surface area contributed by atoms with Gasteiger partial charge in [0, 0.05) is 0 Å². The molecule has 29 heavy (non-hydrogen) atoms. The van der Waals surface area contributed by atoms with Gasteiger partial charge in [-0.2, -0.15) is 0 Å². The summed E-state index contributed by atoms with van der Waals surface area (Å²) in [6.07, 6.45) is -2.10. The lowest BCUT2D eigenvalue weighted by Gasteiger charge is -2.26.